The summed E-state index contributed by atoms with van der Waals surface area (Å²) in [6.45, 7) is 7.33. The van der Waals surface area contributed by atoms with Crippen LogP contribution in [-0.2, 0) is 5.41 Å². The minimum Gasteiger partial charge on any atom is -0.495 e. The van der Waals surface area contributed by atoms with Crippen LogP contribution in [0.4, 0.5) is 8.78 Å². The van der Waals surface area contributed by atoms with Crippen LogP contribution in [0.25, 0.3) is 22.8 Å². The Morgan fingerprint density at radius 1 is 0.933 bits per heavy atom. The zero-order chi connectivity index (χ0) is 32.5. The molecule has 5 rings (SSSR count). The molecular formula is C34H33ClF2N4O3S. The number of hydrogen-bond acceptors (Lipinski definition) is 6. The maximum Gasteiger partial charge on any atom is 0.387 e. The highest BCUT2D eigenvalue weighted by Crippen LogP contribution is 2.34. The Morgan fingerprint density at radius 2 is 1.60 bits per heavy atom. The minimum absolute atomic E-state index is 0.00127. The van der Waals surface area contributed by atoms with Gasteiger partial charge in [0.2, 0.25) is 0 Å². The predicted molar refractivity (Wildman–Crippen MR) is 174 cm³/mol. The first-order valence-electron chi connectivity index (χ1n) is 14.2. The van der Waals surface area contributed by atoms with Crippen LogP contribution in [0.1, 0.15) is 48.1 Å². The van der Waals surface area contributed by atoms with Gasteiger partial charge in [0.25, 0.3) is 0 Å². The first kappa shape index (κ1) is 32.2. The van der Waals surface area contributed by atoms with E-state index < -0.39 is 6.61 Å². The van der Waals surface area contributed by atoms with Crippen LogP contribution >= 0.6 is 23.4 Å². The van der Waals surface area contributed by atoms with Crippen molar-refractivity contribution < 1.29 is 23.0 Å². The number of ketones is 1. The summed E-state index contributed by atoms with van der Waals surface area (Å²) in [5.41, 5.74) is 5.66. The van der Waals surface area contributed by atoms with Crippen LogP contribution < -0.4 is 9.47 Å². The maximum absolute atomic E-state index is 13.6. The van der Waals surface area contributed by atoms with Gasteiger partial charge in [0, 0.05) is 28.2 Å². The molecule has 5 aromatic rings. The molecule has 45 heavy (non-hydrogen) atoms. The highest BCUT2D eigenvalue weighted by molar-refractivity contribution is 7.99. The fourth-order valence-corrected chi connectivity index (χ4v) is 6.21. The van der Waals surface area contributed by atoms with Crippen molar-refractivity contribution in [2.45, 2.75) is 51.8 Å². The van der Waals surface area contributed by atoms with Gasteiger partial charge in [0.15, 0.2) is 16.8 Å². The second kappa shape index (κ2) is 13.1. The summed E-state index contributed by atoms with van der Waals surface area (Å²) in [4.78, 5) is 13.6. The number of rotatable bonds is 10. The van der Waals surface area contributed by atoms with E-state index in [1.165, 1.54) is 29.5 Å². The van der Waals surface area contributed by atoms with Crippen molar-refractivity contribution in [3.8, 4) is 34.3 Å². The molecule has 0 atom stereocenters. The Bertz CT molecular complexity index is 1830. The van der Waals surface area contributed by atoms with Crippen molar-refractivity contribution in [2.24, 2.45) is 0 Å². The van der Waals surface area contributed by atoms with E-state index in [2.05, 4.69) is 47.8 Å². The molecule has 0 radical (unpaired) electrons. The summed E-state index contributed by atoms with van der Waals surface area (Å²) in [6, 6.07) is 21.8. The number of Topliss-reactive ketones (excluding diaryl/α,β-unsaturated/α-hetero) is 1. The molecule has 0 fully saturated rings. The van der Waals surface area contributed by atoms with Gasteiger partial charge in [-0.3, -0.25) is 9.36 Å². The van der Waals surface area contributed by atoms with Gasteiger partial charge in [-0.1, -0.05) is 68.4 Å². The molecule has 0 N–H and O–H groups in total. The normalized spacial score (nSPS) is 11.7. The highest BCUT2D eigenvalue weighted by Gasteiger charge is 2.22. The molecule has 11 heteroatoms. The fourth-order valence-electron chi connectivity index (χ4n) is 5.12. The van der Waals surface area contributed by atoms with Gasteiger partial charge < -0.3 is 14.0 Å². The Labute approximate surface area is 270 Å². The lowest BCUT2D eigenvalue weighted by molar-refractivity contribution is -0.0498. The lowest BCUT2D eigenvalue weighted by atomic mass is 9.87. The monoisotopic (exact) mass is 650 g/mol. The van der Waals surface area contributed by atoms with Crippen molar-refractivity contribution in [3.05, 3.63) is 100 Å². The molecule has 0 unspecified atom stereocenters. The van der Waals surface area contributed by atoms with Gasteiger partial charge in [-0.25, -0.2) is 0 Å². The first-order valence-corrected chi connectivity index (χ1v) is 15.5. The van der Waals surface area contributed by atoms with Gasteiger partial charge >= 0.3 is 6.61 Å². The third kappa shape index (κ3) is 6.92. The number of aromatic nitrogens is 4. The van der Waals surface area contributed by atoms with Crippen LogP contribution in [0.2, 0.25) is 5.02 Å². The van der Waals surface area contributed by atoms with Crippen molar-refractivity contribution in [2.75, 3.05) is 12.9 Å². The zero-order valence-corrected chi connectivity index (χ0v) is 27.3. The lowest BCUT2D eigenvalue weighted by Gasteiger charge is -2.19. The molecule has 7 nitrogen and oxygen atoms in total. The molecular weight excluding hydrogens is 618 g/mol. The predicted octanol–water partition coefficient (Wildman–Crippen LogP) is 8.88. The number of ether oxygens (including phenoxy) is 2. The SMILES string of the molecule is COc1ccc(-n2c(SCC(=O)c3cc(C)n(-c4ccc(OC(F)F)cc4)c3C)nnc2-c2ccc(C(C)(C)C)cc2)cc1Cl. The summed E-state index contributed by atoms with van der Waals surface area (Å²) in [5.74, 6) is 1.24. The zero-order valence-electron chi connectivity index (χ0n) is 25.8. The Balaban J connectivity index is 1.44. The number of hydrogen-bond donors (Lipinski definition) is 0. The maximum atomic E-state index is 13.6. The molecule has 0 amide bonds. The molecule has 0 saturated carbocycles. The van der Waals surface area contributed by atoms with Crippen LogP contribution in [0.3, 0.4) is 0 Å². The Morgan fingerprint density at radius 3 is 2.20 bits per heavy atom. The van der Waals surface area contributed by atoms with E-state index in [0.717, 1.165) is 28.3 Å². The number of carbonyl (C=O) groups is 1. The number of alkyl halides is 2. The fraction of sp³-hybridized carbons (Fsp3) is 0.265. The topological polar surface area (TPSA) is 71.2 Å². The molecule has 0 saturated heterocycles. The second-order valence-electron chi connectivity index (χ2n) is 11.5. The van der Waals surface area contributed by atoms with Gasteiger partial charge in [0.05, 0.1) is 23.6 Å². The number of carbonyl (C=O) groups excluding carboxylic acids is 1. The van der Waals surface area contributed by atoms with E-state index in [1.807, 2.05) is 47.2 Å². The standard InChI is InChI=1S/C34H33ClF2N4O3S/c1-20-17-27(21(2)40(20)24-11-14-26(15-12-24)44-32(36)37)29(42)19-45-33-39-38-31(22-7-9-23(10-8-22)34(3,4)5)41(33)25-13-16-30(43-6)28(35)18-25/h7-18,32H,19H2,1-6H3. The molecule has 0 aliphatic rings. The molecule has 0 aliphatic heterocycles. The average Bonchev–Trinajstić information content (AvgIpc) is 3.55. The number of methoxy groups -OCH3 is 1. The number of thioether (sulfide) groups is 1. The van der Waals surface area contributed by atoms with Gasteiger partial charge in [0.1, 0.15) is 11.5 Å². The number of benzene rings is 3. The molecule has 0 spiro atoms. The van der Waals surface area contributed by atoms with E-state index in [9.17, 15) is 13.6 Å². The van der Waals surface area contributed by atoms with Crippen molar-refractivity contribution in [1.82, 2.24) is 19.3 Å². The summed E-state index contributed by atoms with van der Waals surface area (Å²) >= 11 is 7.79. The van der Waals surface area contributed by atoms with Crippen molar-refractivity contribution in [1.29, 1.82) is 0 Å². The third-order valence-corrected chi connectivity index (χ3v) is 8.64. The molecule has 0 bridgehead atoms. The van der Waals surface area contributed by atoms with Crippen molar-refractivity contribution >= 4 is 29.1 Å². The molecule has 2 heterocycles. The van der Waals surface area contributed by atoms with E-state index in [-0.39, 0.29) is 22.7 Å². The Kier molecular flexibility index (Phi) is 9.36. The number of nitrogens with zero attached hydrogens (tertiary/aromatic N) is 4. The Hall–Kier alpha value is -4.15. The summed E-state index contributed by atoms with van der Waals surface area (Å²) in [6.07, 6.45) is 0. The second-order valence-corrected chi connectivity index (χ2v) is 12.8. The summed E-state index contributed by atoms with van der Waals surface area (Å²) in [5, 5.41) is 9.97. The van der Waals surface area contributed by atoms with Crippen LogP contribution in [0.5, 0.6) is 11.5 Å². The van der Waals surface area contributed by atoms with Gasteiger partial charge in [-0.2, -0.15) is 8.78 Å². The number of aryl methyl sites for hydroxylation is 1. The van der Waals surface area contributed by atoms with Crippen LogP contribution in [-0.4, -0.2) is 44.6 Å². The molecule has 234 valence electrons. The molecule has 2 aromatic heterocycles. The third-order valence-electron chi connectivity index (χ3n) is 7.42. The average molecular weight is 651 g/mol. The van der Waals surface area contributed by atoms with E-state index in [4.69, 9.17) is 16.3 Å². The molecule has 0 aliphatic carbocycles. The van der Waals surface area contributed by atoms with E-state index in [0.29, 0.717) is 27.3 Å². The summed E-state index contributed by atoms with van der Waals surface area (Å²) < 4.78 is 38.8. The van der Waals surface area contributed by atoms with Crippen LogP contribution in [0.15, 0.2) is 78.0 Å². The first-order chi connectivity index (χ1) is 21.4. The summed E-state index contributed by atoms with van der Waals surface area (Å²) in [7, 11) is 1.56. The lowest BCUT2D eigenvalue weighted by Crippen LogP contribution is -2.10. The quantitative estimate of drug-likeness (QED) is 0.111. The molecule has 3 aromatic carbocycles. The smallest absolute Gasteiger partial charge is 0.387 e. The number of halogens is 3. The van der Waals surface area contributed by atoms with Crippen LogP contribution in [0, 0.1) is 13.8 Å². The largest absolute Gasteiger partial charge is 0.495 e. The van der Waals surface area contributed by atoms with E-state index >= 15 is 0 Å². The minimum atomic E-state index is -2.90. The van der Waals surface area contributed by atoms with Gasteiger partial charge in [-0.15, -0.1) is 10.2 Å². The highest BCUT2D eigenvalue weighted by atomic mass is 35.5. The van der Waals surface area contributed by atoms with Gasteiger partial charge in [-0.05, 0) is 73.4 Å². The van der Waals surface area contributed by atoms with E-state index in [1.54, 1.807) is 31.4 Å². The van der Waals surface area contributed by atoms with Crippen molar-refractivity contribution in [3.63, 3.8) is 0 Å².